The number of carbonyl (C=O) groups excluding carboxylic acids is 1. The van der Waals surface area contributed by atoms with Gasteiger partial charge in [-0.15, -0.1) is 0 Å². The summed E-state index contributed by atoms with van der Waals surface area (Å²) >= 11 is 0. The molecule has 4 rings (SSSR count). The maximum atomic E-state index is 12.9. The van der Waals surface area contributed by atoms with Crippen molar-refractivity contribution in [3.8, 4) is 17.3 Å². The average molecular weight is 394 g/mol. The second kappa shape index (κ2) is 7.97. The predicted octanol–water partition coefficient (Wildman–Crippen LogP) is 3.58. The fourth-order valence-corrected chi connectivity index (χ4v) is 3.21. The summed E-state index contributed by atoms with van der Waals surface area (Å²) in [4.78, 5) is 21.7. The number of fused-ring (bicyclic) bond motifs is 1. The summed E-state index contributed by atoms with van der Waals surface area (Å²) in [6.07, 6.45) is 4.94. The van der Waals surface area contributed by atoms with Crippen molar-refractivity contribution in [3.05, 3.63) is 83.4 Å². The number of pyridine rings is 2. The van der Waals surface area contributed by atoms with Crippen LogP contribution in [0.5, 0.6) is 0 Å². The van der Waals surface area contributed by atoms with E-state index in [1.807, 2.05) is 50.4 Å². The van der Waals surface area contributed by atoms with Crippen molar-refractivity contribution < 1.29 is 4.79 Å². The predicted molar refractivity (Wildman–Crippen MR) is 115 cm³/mol. The number of aromatic nitrogens is 3. The van der Waals surface area contributed by atoms with E-state index in [-0.39, 0.29) is 5.91 Å². The van der Waals surface area contributed by atoms with Gasteiger partial charge < -0.3 is 4.57 Å². The Morgan fingerprint density at radius 2 is 2.07 bits per heavy atom. The Morgan fingerprint density at radius 1 is 1.23 bits per heavy atom. The van der Waals surface area contributed by atoms with E-state index in [9.17, 15) is 4.79 Å². The van der Waals surface area contributed by atoms with Gasteiger partial charge in [-0.05, 0) is 37.3 Å². The minimum atomic E-state index is -0.343. The van der Waals surface area contributed by atoms with Crippen molar-refractivity contribution in [3.63, 3.8) is 0 Å². The van der Waals surface area contributed by atoms with Crippen LogP contribution >= 0.6 is 0 Å². The smallest absolute Gasteiger partial charge is 0.272 e. The topological polar surface area (TPSA) is 96.0 Å². The van der Waals surface area contributed by atoms with Gasteiger partial charge in [-0.25, -0.2) is 10.4 Å². The Hall–Kier alpha value is -4.31. The van der Waals surface area contributed by atoms with Crippen LogP contribution in [0, 0.1) is 18.3 Å². The van der Waals surface area contributed by atoms with E-state index in [1.165, 1.54) is 0 Å². The molecule has 0 spiro atoms. The summed E-state index contributed by atoms with van der Waals surface area (Å²) in [6, 6.07) is 16.8. The van der Waals surface area contributed by atoms with Crippen molar-refractivity contribution in [2.75, 3.05) is 0 Å². The number of carbonyl (C=O) groups is 1. The van der Waals surface area contributed by atoms with E-state index in [1.54, 1.807) is 35.3 Å². The molecular formula is C23H18N6O. The zero-order chi connectivity index (χ0) is 21.1. The molecule has 0 aliphatic rings. The fourth-order valence-electron chi connectivity index (χ4n) is 3.21. The number of rotatable bonds is 4. The molecular weight excluding hydrogens is 376 g/mol. The molecule has 0 saturated heterocycles. The number of amides is 1. The second-order valence-electron chi connectivity index (χ2n) is 6.75. The summed E-state index contributed by atoms with van der Waals surface area (Å²) in [7, 11) is 1.81. The van der Waals surface area contributed by atoms with Gasteiger partial charge in [-0.2, -0.15) is 10.4 Å². The van der Waals surface area contributed by atoms with Crippen molar-refractivity contribution in [2.45, 2.75) is 6.92 Å². The van der Waals surface area contributed by atoms with Crippen molar-refractivity contribution in [1.82, 2.24) is 20.0 Å². The van der Waals surface area contributed by atoms with E-state index in [0.717, 1.165) is 22.2 Å². The standard InChI is InChI=1S/C23H18N6O/c1-15-17(10-18(12-24)29(15)2)14-26-28-23(30)20-11-22(16-6-5-9-25-13-16)27-21-8-4-3-7-19(20)21/h3-11,13-14H,1-2H3,(H,28,30)/b26-14-. The molecule has 30 heavy (non-hydrogen) atoms. The Morgan fingerprint density at radius 3 is 2.80 bits per heavy atom. The molecule has 7 heteroatoms. The van der Waals surface area contributed by atoms with Gasteiger partial charge in [0.15, 0.2) is 0 Å². The summed E-state index contributed by atoms with van der Waals surface area (Å²) < 4.78 is 1.78. The second-order valence-corrected chi connectivity index (χ2v) is 6.75. The minimum Gasteiger partial charge on any atom is -0.339 e. The zero-order valence-corrected chi connectivity index (χ0v) is 16.5. The third-order valence-electron chi connectivity index (χ3n) is 4.98. The lowest BCUT2D eigenvalue weighted by Crippen LogP contribution is -2.18. The molecule has 1 amide bonds. The highest BCUT2D eigenvalue weighted by Crippen LogP contribution is 2.24. The lowest BCUT2D eigenvalue weighted by molar-refractivity contribution is 0.0956. The Labute approximate surface area is 173 Å². The minimum absolute atomic E-state index is 0.343. The van der Waals surface area contributed by atoms with Gasteiger partial charge >= 0.3 is 0 Å². The maximum Gasteiger partial charge on any atom is 0.272 e. The first kappa shape index (κ1) is 19.0. The quantitative estimate of drug-likeness (QED) is 0.423. The molecule has 0 unspecified atom stereocenters. The monoisotopic (exact) mass is 394 g/mol. The fraction of sp³-hybridized carbons (Fsp3) is 0.0870. The third-order valence-corrected chi connectivity index (χ3v) is 4.98. The number of nitriles is 1. The molecule has 146 valence electrons. The zero-order valence-electron chi connectivity index (χ0n) is 16.5. The molecule has 0 radical (unpaired) electrons. The third kappa shape index (κ3) is 3.54. The van der Waals surface area contributed by atoms with Crippen LogP contribution < -0.4 is 5.43 Å². The van der Waals surface area contributed by atoms with Crippen LogP contribution in [0.3, 0.4) is 0 Å². The highest BCUT2D eigenvalue weighted by atomic mass is 16.2. The van der Waals surface area contributed by atoms with E-state index < -0.39 is 0 Å². The number of hydrogen-bond acceptors (Lipinski definition) is 5. The van der Waals surface area contributed by atoms with Gasteiger partial charge in [0.05, 0.1) is 23.0 Å². The van der Waals surface area contributed by atoms with E-state index in [2.05, 4.69) is 26.6 Å². The van der Waals surface area contributed by atoms with Crippen molar-refractivity contribution in [2.24, 2.45) is 12.1 Å². The maximum absolute atomic E-state index is 12.9. The average Bonchev–Trinajstić information content (AvgIpc) is 3.06. The first-order valence-electron chi connectivity index (χ1n) is 9.28. The van der Waals surface area contributed by atoms with Crippen LogP contribution in [0.25, 0.3) is 22.2 Å². The van der Waals surface area contributed by atoms with Gasteiger partial charge in [-0.3, -0.25) is 9.78 Å². The molecule has 0 saturated carbocycles. The molecule has 0 fully saturated rings. The molecule has 1 aromatic carbocycles. The molecule has 7 nitrogen and oxygen atoms in total. The first-order chi connectivity index (χ1) is 14.6. The lowest BCUT2D eigenvalue weighted by atomic mass is 10.0. The summed E-state index contributed by atoms with van der Waals surface area (Å²) in [6.45, 7) is 1.89. The molecule has 3 heterocycles. The van der Waals surface area contributed by atoms with E-state index in [4.69, 9.17) is 5.26 Å². The number of hydrogen-bond donors (Lipinski definition) is 1. The molecule has 1 N–H and O–H groups in total. The Bertz CT molecular complexity index is 1320. The van der Waals surface area contributed by atoms with Crippen LogP contribution in [-0.4, -0.2) is 26.7 Å². The van der Waals surface area contributed by atoms with E-state index >= 15 is 0 Å². The Kier molecular flexibility index (Phi) is 5.06. The summed E-state index contributed by atoms with van der Waals surface area (Å²) in [5, 5.41) is 14.0. The van der Waals surface area contributed by atoms with Gasteiger partial charge in [0.2, 0.25) is 0 Å². The molecule has 0 aliphatic heterocycles. The highest BCUT2D eigenvalue weighted by molar-refractivity contribution is 6.07. The van der Waals surface area contributed by atoms with Gasteiger partial charge in [0.25, 0.3) is 5.91 Å². The molecule has 4 aromatic rings. The number of nitrogens with one attached hydrogen (secondary N) is 1. The first-order valence-corrected chi connectivity index (χ1v) is 9.28. The van der Waals surface area contributed by atoms with Gasteiger partial charge in [-0.1, -0.05) is 18.2 Å². The number of nitrogens with zero attached hydrogens (tertiary/aromatic N) is 5. The SMILES string of the molecule is Cc1c(/C=N\NC(=O)c2cc(-c3cccnc3)nc3ccccc23)cc(C#N)n1C. The van der Waals surface area contributed by atoms with Crippen LogP contribution in [0.4, 0.5) is 0 Å². The van der Waals surface area contributed by atoms with Crippen LogP contribution in [0.15, 0.2) is 66.0 Å². The summed E-state index contributed by atoms with van der Waals surface area (Å²) in [5.74, 6) is -0.343. The highest BCUT2D eigenvalue weighted by Gasteiger charge is 2.14. The molecule has 0 aliphatic carbocycles. The van der Waals surface area contributed by atoms with Crippen molar-refractivity contribution in [1.29, 1.82) is 5.26 Å². The Balaban J connectivity index is 1.67. The van der Waals surface area contributed by atoms with Crippen molar-refractivity contribution >= 4 is 23.0 Å². The molecule has 0 bridgehead atoms. The van der Waals surface area contributed by atoms with Gasteiger partial charge in [0, 0.05) is 41.6 Å². The number of benzene rings is 1. The van der Waals surface area contributed by atoms with E-state index in [0.29, 0.717) is 22.5 Å². The number of hydrazone groups is 1. The largest absolute Gasteiger partial charge is 0.339 e. The van der Waals surface area contributed by atoms with Crippen LogP contribution in [0.1, 0.15) is 27.3 Å². The lowest BCUT2D eigenvalue weighted by Gasteiger charge is -2.08. The van der Waals surface area contributed by atoms with Crippen LogP contribution in [0.2, 0.25) is 0 Å². The van der Waals surface area contributed by atoms with Crippen LogP contribution in [-0.2, 0) is 7.05 Å². The van der Waals surface area contributed by atoms with Gasteiger partial charge in [0.1, 0.15) is 11.8 Å². The molecule has 3 aromatic heterocycles. The summed E-state index contributed by atoms with van der Waals surface area (Å²) in [5.41, 5.74) is 7.44. The number of para-hydroxylation sites is 1. The normalized spacial score (nSPS) is 11.0. The molecule has 0 atom stereocenters.